The molecular weight excluding hydrogens is 1000 g/mol. The Labute approximate surface area is 434 Å². The number of ether oxygens (including phenoxy) is 2. The van der Waals surface area contributed by atoms with Crippen molar-refractivity contribution >= 4 is 99.3 Å². The number of thioether (sulfide) groups is 2. The van der Waals surface area contributed by atoms with E-state index in [9.17, 15) is 53.1 Å². The lowest BCUT2D eigenvalue weighted by molar-refractivity contribution is -0.157. The third kappa shape index (κ3) is 14.7. The fraction of sp³-hybridized carbons (Fsp3) is 0.420. The quantitative estimate of drug-likeness (QED) is 0.0112. The molecule has 24 heteroatoms. The molecule has 0 aromatic heterocycles. The Bertz CT molecular complexity index is 2870. The number of imide groups is 1. The lowest BCUT2D eigenvalue weighted by Gasteiger charge is -2.21. The van der Waals surface area contributed by atoms with Crippen LogP contribution in [0.5, 0.6) is 0 Å². The lowest BCUT2D eigenvalue weighted by Crippen LogP contribution is -2.51. The number of carboxylic acid groups (broad SMARTS) is 1. The van der Waals surface area contributed by atoms with Crippen LogP contribution in [0.1, 0.15) is 85.2 Å². The molecule has 2 aromatic carbocycles. The summed E-state index contributed by atoms with van der Waals surface area (Å²) in [4.78, 5) is 128. The highest BCUT2D eigenvalue weighted by Crippen LogP contribution is 2.44. The van der Waals surface area contributed by atoms with Crippen LogP contribution in [0.4, 0.5) is 5.69 Å². The van der Waals surface area contributed by atoms with Crippen molar-refractivity contribution in [3.8, 4) is 22.5 Å². The summed E-state index contributed by atoms with van der Waals surface area (Å²) in [6, 6.07) is 8.57. The number of fused-ring (bicyclic) bond motifs is 2. The van der Waals surface area contributed by atoms with Crippen LogP contribution in [0.2, 0.25) is 0 Å². The maximum absolute atomic E-state index is 13.5. The summed E-state index contributed by atoms with van der Waals surface area (Å²) < 4.78 is 16.8. The Morgan fingerprint density at radius 1 is 0.878 bits per heavy atom. The second-order valence-corrected chi connectivity index (χ2v) is 19.4. The molecule has 3 aliphatic rings. The standard InChI is InChI=1S/C50H60N8O14S2/c1-7-40(61)57-36(21-73-20-29(71-43(64)9-3)19-70-42(63)8-2)38(60)18-53-23-54-48(66)37(56-27(6)59)22-74-39-17-41(62)58(49(39)67)24-55-47(65)28-10-11-30(33(16-28)50(68)69)44-31-12-14-34(51)25(4)45(31)72-46-26(5)35(52)15-13-32(44)46/h10-16,29,36-37,39,51,53H,7-9,17-24,52H2,1-6H3,(H,54,66)(H,55,65)(H,56,59)(H,57,61)(H,68,69)/t29?,36-,37?,39?/m0/s1. The molecule has 396 valence electrons. The van der Waals surface area contributed by atoms with E-state index in [1.165, 1.54) is 36.9 Å². The van der Waals surface area contributed by atoms with Crippen LogP contribution < -0.4 is 37.7 Å². The van der Waals surface area contributed by atoms with Crippen LogP contribution >= 0.6 is 23.5 Å². The molecule has 74 heavy (non-hydrogen) atoms. The van der Waals surface area contributed by atoms with E-state index in [1.54, 1.807) is 58.9 Å². The van der Waals surface area contributed by atoms with Crippen molar-refractivity contribution in [2.45, 2.75) is 90.7 Å². The predicted molar refractivity (Wildman–Crippen MR) is 275 cm³/mol. The Kier molecular flexibility index (Phi) is 20.7. The molecule has 22 nitrogen and oxygen atoms in total. The van der Waals surface area contributed by atoms with E-state index in [2.05, 4.69) is 26.6 Å². The molecule has 0 radical (unpaired) electrons. The number of amides is 6. The summed E-state index contributed by atoms with van der Waals surface area (Å²) >= 11 is 2.13. The summed E-state index contributed by atoms with van der Waals surface area (Å²) in [6.45, 7) is 8.27. The molecule has 4 atom stereocenters. The Morgan fingerprint density at radius 2 is 1.59 bits per heavy atom. The Balaban J connectivity index is 1.17. The number of benzene rings is 3. The van der Waals surface area contributed by atoms with E-state index in [-0.39, 0.29) is 90.7 Å². The number of hydrogen-bond acceptors (Lipinski definition) is 18. The Hall–Kier alpha value is -7.31. The van der Waals surface area contributed by atoms with Crippen molar-refractivity contribution in [3.63, 3.8) is 0 Å². The van der Waals surface area contributed by atoms with Gasteiger partial charge < -0.3 is 51.4 Å². The fourth-order valence-corrected chi connectivity index (χ4v) is 9.86. The third-order valence-corrected chi connectivity index (χ3v) is 14.2. The van der Waals surface area contributed by atoms with Gasteiger partial charge in [-0.05, 0) is 55.8 Å². The molecule has 0 spiro atoms. The van der Waals surface area contributed by atoms with Gasteiger partial charge in [0.25, 0.3) is 5.91 Å². The number of nitrogens with two attached hydrogens (primary N) is 1. The number of nitrogens with one attached hydrogen (secondary N) is 6. The zero-order chi connectivity index (χ0) is 54.4. The van der Waals surface area contributed by atoms with Gasteiger partial charge in [0.05, 0.1) is 35.4 Å². The first-order valence-electron chi connectivity index (χ1n) is 23.6. The van der Waals surface area contributed by atoms with Gasteiger partial charge in [-0.15, -0.1) is 11.8 Å². The number of esters is 2. The molecule has 2 heterocycles. The van der Waals surface area contributed by atoms with Crippen LogP contribution in [-0.2, 0) is 47.8 Å². The van der Waals surface area contributed by atoms with Gasteiger partial charge >= 0.3 is 17.9 Å². The van der Waals surface area contributed by atoms with Gasteiger partial charge in [-0.3, -0.25) is 53.4 Å². The van der Waals surface area contributed by atoms with Crippen molar-refractivity contribution in [3.05, 3.63) is 70.1 Å². The SMILES string of the molecule is CCC(=O)N[C@@H](CSCC(COC(=O)CC)OC(=O)CC)C(=O)CNCNC(=O)C(CSC1CC(=O)N(CNC(=O)c2ccc(-c3c4ccc(=N)c(C)c-4oc4c(C)c(N)ccc34)c(C(=O)O)c2)C1=O)NC(C)=O. The van der Waals surface area contributed by atoms with Crippen LogP contribution in [0.3, 0.4) is 0 Å². The van der Waals surface area contributed by atoms with Gasteiger partial charge in [0.2, 0.25) is 29.5 Å². The number of aryl methyl sites for hydroxylation is 1. The molecule has 0 bridgehead atoms. The summed E-state index contributed by atoms with van der Waals surface area (Å²) in [5.41, 5.74) is 9.16. The number of carbonyl (C=O) groups excluding carboxylic acids is 9. The molecule has 5 rings (SSSR count). The number of nitrogens with zero attached hydrogens (tertiary/aromatic N) is 1. The molecule has 3 unspecified atom stereocenters. The second kappa shape index (κ2) is 26.6. The summed E-state index contributed by atoms with van der Waals surface area (Å²) in [6.07, 6.45) is -0.728. The molecule has 2 aliphatic heterocycles. The minimum absolute atomic E-state index is 0.0773. The average Bonchev–Trinajstić information content (AvgIpc) is 3.65. The molecule has 6 amide bonds. The van der Waals surface area contributed by atoms with E-state index in [1.807, 2.05) is 0 Å². The van der Waals surface area contributed by atoms with Gasteiger partial charge in [0.1, 0.15) is 36.8 Å². The lowest BCUT2D eigenvalue weighted by atomic mass is 9.88. The maximum atomic E-state index is 13.5. The molecule has 1 saturated heterocycles. The zero-order valence-electron chi connectivity index (χ0n) is 41.7. The fourth-order valence-electron chi connectivity index (χ4n) is 7.60. The number of Topliss-reactive ketones (excluding diaryl/α,β-unsaturated/α-hetero) is 1. The highest BCUT2D eigenvalue weighted by Gasteiger charge is 2.40. The number of anilines is 1. The zero-order valence-corrected chi connectivity index (χ0v) is 43.4. The number of carboxylic acids is 1. The monoisotopic (exact) mass is 1060 g/mol. The third-order valence-electron chi connectivity index (χ3n) is 11.8. The smallest absolute Gasteiger partial charge is 0.336 e. The second-order valence-electron chi connectivity index (χ2n) is 17.0. The highest BCUT2D eigenvalue weighted by molar-refractivity contribution is 8.00. The van der Waals surface area contributed by atoms with Gasteiger partial charge in [0.15, 0.2) is 5.78 Å². The normalized spacial score (nSPS) is 14.5. The molecule has 2 aromatic rings. The minimum Gasteiger partial charge on any atom is -0.478 e. The number of aromatic carboxylic acids is 1. The number of likely N-dealkylation sites (tertiary alicyclic amines) is 1. The van der Waals surface area contributed by atoms with Crippen LogP contribution in [0.15, 0.2) is 46.9 Å². The van der Waals surface area contributed by atoms with E-state index in [0.29, 0.717) is 44.7 Å². The largest absolute Gasteiger partial charge is 0.478 e. The number of carbonyl (C=O) groups is 10. The number of rotatable bonds is 26. The molecule has 1 fully saturated rings. The molecular formula is C50H60N8O14S2. The molecule has 0 saturated carbocycles. The van der Waals surface area contributed by atoms with Crippen molar-refractivity contribution in [1.82, 2.24) is 31.5 Å². The number of nitrogen functional groups attached to an aromatic ring is 1. The van der Waals surface area contributed by atoms with E-state index in [4.69, 9.17) is 25.0 Å². The Morgan fingerprint density at radius 3 is 2.27 bits per heavy atom. The van der Waals surface area contributed by atoms with Crippen LogP contribution in [0.25, 0.3) is 33.4 Å². The summed E-state index contributed by atoms with van der Waals surface area (Å²) in [5, 5.41) is 31.6. The van der Waals surface area contributed by atoms with Gasteiger partial charge in [-0.1, -0.05) is 26.8 Å². The number of ketones is 1. The van der Waals surface area contributed by atoms with Gasteiger partial charge in [0, 0.05) is 88.8 Å². The summed E-state index contributed by atoms with van der Waals surface area (Å²) in [7, 11) is 0. The average molecular weight is 1060 g/mol. The minimum atomic E-state index is -1.34. The first-order valence-corrected chi connectivity index (χ1v) is 25.8. The van der Waals surface area contributed by atoms with Gasteiger partial charge in [-0.25, -0.2) is 4.79 Å². The first-order chi connectivity index (χ1) is 35.2. The van der Waals surface area contributed by atoms with Crippen LogP contribution in [-0.4, -0.2) is 136 Å². The van der Waals surface area contributed by atoms with E-state index < -0.39 is 83.3 Å². The van der Waals surface area contributed by atoms with Crippen molar-refractivity contribution in [2.24, 2.45) is 0 Å². The molecule has 9 N–H and O–H groups in total. The first kappa shape index (κ1) is 57.6. The van der Waals surface area contributed by atoms with Crippen molar-refractivity contribution < 1.29 is 66.9 Å². The van der Waals surface area contributed by atoms with Gasteiger partial charge in [-0.2, -0.15) is 11.8 Å². The maximum Gasteiger partial charge on any atom is 0.336 e. The molecule has 1 aliphatic carbocycles. The predicted octanol–water partition coefficient (Wildman–Crippen LogP) is 2.77. The van der Waals surface area contributed by atoms with Crippen molar-refractivity contribution in [2.75, 3.05) is 49.5 Å². The highest BCUT2D eigenvalue weighted by atomic mass is 32.2. The topological polar surface area (TPSA) is 336 Å². The summed E-state index contributed by atoms with van der Waals surface area (Å²) in [5.74, 6) is -5.97. The van der Waals surface area contributed by atoms with Crippen molar-refractivity contribution in [1.29, 1.82) is 5.41 Å². The number of hydrogen-bond donors (Lipinski definition) is 8. The van der Waals surface area contributed by atoms with E-state index >= 15 is 0 Å². The van der Waals surface area contributed by atoms with Crippen LogP contribution in [0, 0.1) is 19.3 Å². The van der Waals surface area contributed by atoms with E-state index in [0.717, 1.165) is 16.7 Å².